The molecule has 1 aromatic rings. The van der Waals surface area contributed by atoms with Crippen LogP contribution in [-0.2, 0) is 6.42 Å². The Hall–Kier alpha value is -0.930. The molecule has 3 heteroatoms. The molecule has 1 heterocycles. The summed E-state index contributed by atoms with van der Waals surface area (Å²) in [7, 11) is 0. The first-order valence-electron chi connectivity index (χ1n) is 7.89. The summed E-state index contributed by atoms with van der Waals surface area (Å²) in [6, 6.07) is 7.45. The zero-order chi connectivity index (χ0) is 14.4. The van der Waals surface area contributed by atoms with Crippen molar-refractivity contribution in [3.05, 3.63) is 35.6 Å². The molecule has 0 radical (unpaired) electrons. The van der Waals surface area contributed by atoms with E-state index in [0.717, 1.165) is 31.0 Å². The van der Waals surface area contributed by atoms with Crippen molar-refractivity contribution in [3.63, 3.8) is 0 Å². The van der Waals surface area contributed by atoms with Crippen molar-refractivity contribution in [1.29, 1.82) is 0 Å². The minimum Gasteiger partial charge on any atom is -0.314 e. The van der Waals surface area contributed by atoms with Gasteiger partial charge in [-0.1, -0.05) is 19.1 Å². The molecular weight excluding hydrogens is 251 g/mol. The van der Waals surface area contributed by atoms with Crippen LogP contribution >= 0.6 is 0 Å². The monoisotopic (exact) mass is 278 g/mol. The molecule has 2 rings (SSSR count). The molecule has 1 saturated heterocycles. The fraction of sp³-hybridized carbons (Fsp3) is 0.647. The summed E-state index contributed by atoms with van der Waals surface area (Å²) in [5.41, 5.74) is 1.07. The summed E-state index contributed by atoms with van der Waals surface area (Å²) in [5.74, 6) is 0.609. The SMILES string of the molecule is CCN1CCCC(C(C)NCCc2cccc(F)c2)C1. The van der Waals surface area contributed by atoms with E-state index in [4.69, 9.17) is 0 Å². The lowest BCUT2D eigenvalue weighted by atomic mass is 9.91. The van der Waals surface area contributed by atoms with Crippen LogP contribution in [0.25, 0.3) is 0 Å². The van der Waals surface area contributed by atoms with E-state index < -0.39 is 0 Å². The van der Waals surface area contributed by atoms with Gasteiger partial charge in [0, 0.05) is 12.6 Å². The molecule has 2 atom stereocenters. The molecule has 1 aliphatic rings. The number of nitrogens with one attached hydrogen (secondary N) is 1. The maximum absolute atomic E-state index is 13.1. The Labute approximate surface area is 122 Å². The quantitative estimate of drug-likeness (QED) is 0.860. The van der Waals surface area contributed by atoms with Crippen molar-refractivity contribution >= 4 is 0 Å². The number of piperidine rings is 1. The fourth-order valence-corrected chi connectivity index (χ4v) is 3.09. The van der Waals surface area contributed by atoms with Gasteiger partial charge in [-0.3, -0.25) is 0 Å². The molecule has 0 spiro atoms. The predicted molar refractivity (Wildman–Crippen MR) is 82.4 cm³/mol. The average Bonchev–Trinajstić information content (AvgIpc) is 2.47. The number of rotatable bonds is 6. The average molecular weight is 278 g/mol. The molecule has 1 aliphatic heterocycles. The van der Waals surface area contributed by atoms with Crippen molar-refractivity contribution in [2.75, 3.05) is 26.2 Å². The first kappa shape index (κ1) is 15.5. The van der Waals surface area contributed by atoms with Gasteiger partial charge in [0.2, 0.25) is 0 Å². The van der Waals surface area contributed by atoms with Crippen LogP contribution in [0.3, 0.4) is 0 Å². The van der Waals surface area contributed by atoms with Crippen LogP contribution in [0.4, 0.5) is 4.39 Å². The summed E-state index contributed by atoms with van der Waals surface area (Å²) < 4.78 is 13.1. The first-order valence-corrected chi connectivity index (χ1v) is 7.89. The van der Waals surface area contributed by atoms with E-state index in [1.54, 1.807) is 12.1 Å². The van der Waals surface area contributed by atoms with E-state index in [1.165, 1.54) is 32.0 Å². The number of hydrogen-bond acceptors (Lipinski definition) is 2. The number of benzene rings is 1. The highest BCUT2D eigenvalue weighted by molar-refractivity contribution is 5.16. The second-order valence-electron chi connectivity index (χ2n) is 5.92. The highest BCUT2D eigenvalue weighted by atomic mass is 19.1. The second kappa shape index (κ2) is 7.75. The molecule has 2 nitrogen and oxygen atoms in total. The summed E-state index contributed by atoms with van der Waals surface area (Å²) in [4.78, 5) is 2.54. The Bertz CT molecular complexity index is 408. The number of halogens is 1. The molecule has 0 bridgehead atoms. The van der Waals surface area contributed by atoms with Crippen molar-refractivity contribution in [2.24, 2.45) is 5.92 Å². The molecule has 20 heavy (non-hydrogen) atoms. The van der Waals surface area contributed by atoms with Crippen LogP contribution < -0.4 is 5.32 Å². The molecule has 1 fully saturated rings. The molecule has 1 aromatic carbocycles. The number of hydrogen-bond donors (Lipinski definition) is 1. The first-order chi connectivity index (χ1) is 9.69. The molecule has 0 saturated carbocycles. The lowest BCUT2D eigenvalue weighted by Gasteiger charge is -2.35. The predicted octanol–water partition coefficient (Wildman–Crippen LogP) is 3.08. The van der Waals surface area contributed by atoms with Crippen molar-refractivity contribution in [1.82, 2.24) is 10.2 Å². The van der Waals surface area contributed by atoms with Crippen LogP contribution in [0.5, 0.6) is 0 Å². The van der Waals surface area contributed by atoms with E-state index in [1.807, 2.05) is 6.07 Å². The van der Waals surface area contributed by atoms with Gasteiger partial charge in [0.15, 0.2) is 0 Å². The largest absolute Gasteiger partial charge is 0.314 e. The summed E-state index contributed by atoms with van der Waals surface area (Å²) in [5, 5.41) is 3.62. The van der Waals surface area contributed by atoms with Crippen LogP contribution in [-0.4, -0.2) is 37.1 Å². The number of nitrogens with zero attached hydrogens (tertiary/aromatic N) is 1. The summed E-state index contributed by atoms with van der Waals surface area (Å²) in [6.07, 6.45) is 3.53. The molecule has 112 valence electrons. The smallest absolute Gasteiger partial charge is 0.123 e. The summed E-state index contributed by atoms with van der Waals surface area (Å²) >= 11 is 0. The van der Waals surface area contributed by atoms with Crippen molar-refractivity contribution in [2.45, 2.75) is 39.2 Å². The maximum atomic E-state index is 13.1. The Morgan fingerprint density at radius 2 is 2.30 bits per heavy atom. The summed E-state index contributed by atoms with van der Waals surface area (Å²) in [6.45, 7) is 9.08. The minimum absolute atomic E-state index is 0.138. The lowest BCUT2D eigenvalue weighted by molar-refractivity contribution is 0.157. The van der Waals surface area contributed by atoms with Crippen LogP contribution in [0.1, 0.15) is 32.3 Å². The third-order valence-electron chi connectivity index (χ3n) is 4.47. The van der Waals surface area contributed by atoms with Crippen molar-refractivity contribution in [3.8, 4) is 0 Å². The maximum Gasteiger partial charge on any atom is 0.123 e. The Kier molecular flexibility index (Phi) is 5.99. The van der Waals surface area contributed by atoms with E-state index >= 15 is 0 Å². The fourth-order valence-electron chi connectivity index (χ4n) is 3.09. The van der Waals surface area contributed by atoms with Gasteiger partial charge in [-0.2, -0.15) is 0 Å². The molecule has 0 aromatic heterocycles. The Balaban J connectivity index is 1.73. The zero-order valence-corrected chi connectivity index (χ0v) is 12.7. The van der Waals surface area contributed by atoms with Gasteiger partial charge in [0.05, 0.1) is 0 Å². The van der Waals surface area contributed by atoms with Crippen molar-refractivity contribution < 1.29 is 4.39 Å². The lowest BCUT2D eigenvalue weighted by Crippen LogP contribution is -2.44. The van der Waals surface area contributed by atoms with Crippen LogP contribution in [0, 0.1) is 11.7 Å². The topological polar surface area (TPSA) is 15.3 Å². The highest BCUT2D eigenvalue weighted by Gasteiger charge is 2.23. The normalized spacial score (nSPS) is 21.9. The van der Waals surface area contributed by atoms with Gasteiger partial charge in [0.25, 0.3) is 0 Å². The standard InChI is InChI=1S/C17H27FN2/c1-3-20-11-5-7-16(13-20)14(2)19-10-9-15-6-4-8-17(18)12-15/h4,6,8,12,14,16,19H,3,5,7,9-11,13H2,1-2H3. The van der Waals surface area contributed by atoms with Gasteiger partial charge in [-0.25, -0.2) is 4.39 Å². The second-order valence-corrected chi connectivity index (χ2v) is 5.92. The van der Waals surface area contributed by atoms with Crippen LogP contribution in [0.2, 0.25) is 0 Å². The highest BCUT2D eigenvalue weighted by Crippen LogP contribution is 2.19. The van der Waals surface area contributed by atoms with Gasteiger partial charge >= 0.3 is 0 Å². The third-order valence-corrected chi connectivity index (χ3v) is 4.47. The van der Waals surface area contributed by atoms with E-state index in [-0.39, 0.29) is 5.82 Å². The molecular formula is C17H27FN2. The Morgan fingerprint density at radius 3 is 3.05 bits per heavy atom. The number of likely N-dealkylation sites (tertiary alicyclic amines) is 1. The van der Waals surface area contributed by atoms with Gasteiger partial charge in [-0.05, 0) is 69.4 Å². The van der Waals surface area contributed by atoms with Gasteiger partial charge < -0.3 is 10.2 Å². The van der Waals surface area contributed by atoms with E-state index in [2.05, 4.69) is 24.1 Å². The molecule has 0 aliphatic carbocycles. The van der Waals surface area contributed by atoms with Gasteiger partial charge in [-0.15, -0.1) is 0 Å². The Morgan fingerprint density at radius 1 is 1.45 bits per heavy atom. The van der Waals surface area contributed by atoms with E-state index in [9.17, 15) is 4.39 Å². The van der Waals surface area contributed by atoms with Gasteiger partial charge in [0.1, 0.15) is 5.82 Å². The third kappa shape index (κ3) is 4.57. The molecule has 1 N–H and O–H groups in total. The minimum atomic E-state index is -0.138. The zero-order valence-electron chi connectivity index (χ0n) is 12.7. The molecule has 0 amide bonds. The molecule has 2 unspecified atom stereocenters. The van der Waals surface area contributed by atoms with E-state index in [0.29, 0.717) is 6.04 Å². The van der Waals surface area contributed by atoms with Crippen LogP contribution in [0.15, 0.2) is 24.3 Å².